The lowest BCUT2D eigenvalue weighted by atomic mass is 10.0. The number of aromatic nitrogens is 1. The van der Waals surface area contributed by atoms with Crippen LogP contribution in [0.25, 0.3) is 22.2 Å². The third-order valence-corrected chi connectivity index (χ3v) is 3.73. The van der Waals surface area contributed by atoms with Gasteiger partial charge in [0.05, 0.1) is 11.2 Å². The summed E-state index contributed by atoms with van der Waals surface area (Å²) in [6, 6.07) is 16.7. The molecule has 4 heteroatoms. The van der Waals surface area contributed by atoms with Crippen LogP contribution in [-0.2, 0) is 11.3 Å². The molecule has 0 aliphatic carbocycles. The first-order valence-corrected chi connectivity index (χ1v) is 7.05. The Labute approximate surface area is 127 Å². The van der Waals surface area contributed by atoms with Crippen LogP contribution in [0.5, 0.6) is 0 Å². The molecule has 0 radical (unpaired) electrons. The highest BCUT2D eigenvalue weighted by Crippen LogP contribution is 2.24. The molecule has 0 spiro atoms. The Kier molecular flexibility index (Phi) is 3.51. The van der Waals surface area contributed by atoms with E-state index in [1.54, 1.807) is 10.6 Å². The minimum atomic E-state index is -0.441. The van der Waals surface area contributed by atoms with Gasteiger partial charge in [-0.05, 0) is 24.1 Å². The number of carbonyl (C=O) groups is 1. The van der Waals surface area contributed by atoms with Crippen molar-refractivity contribution in [1.29, 1.82) is 0 Å². The van der Waals surface area contributed by atoms with Crippen LogP contribution in [0.2, 0.25) is 0 Å². The fourth-order valence-electron chi connectivity index (χ4n) is 2.78. The smallest absolute Gasteiger partial charge is 0.237 e. The van der Waals surface area contributed by atoms with Crippen LogP contribution in [0.1, 0.15) is 5.56 Å². The maximum absolute atomic E-state index is 12.5. The van der Waals surface area contributed by atoms with E-state index < -0.39 is 5.91 Å². The summed E-state index contributed by atoms with van der Waals surface area (Å²) >= 11 is 0. The third kappa shape index (κ3) is 2.39. The van der Waals surface area contributed by atoms with Crippen molar-refractivity contribution in [3.63, 3.8) is 0 Å². The molecule has 1 aromatic heterocycles. The molecular weight excluding hydrogens is 276 g/mol. The van der Waals surface area contributed by atoms with Crippen LogP contribution >= 0.6 is 0 Å². The van der Waals surface area contributed by atoms with Crippen LogP contribution in [0.3, 0.4) is 0 Å². The summed E-state index contributed by atoms with van der Waals surface area (Å²) in [6.45, 7) is 1.92. The van der Waals surface area contributed by atoms with Gasteiger partial charge in [-0.2, -0.15) is 0 Å². The van der Waals surface area contributed by atoms with E-state index in [9.17, 15) is 9.59 Å². The summed E-state index contributed by atoms with van der Waals surface area (Å²) in [7, 11) is 0. The van der Waals surface area contributed by atoms with E-state index in [4.69, 9.17) is 5.73 Å². The molecule has 1 amide bonds. The van der Waals surface area contributed by atoms with Crippen molar-refractivity contribution in [2.45, 2.75) is 13.5 Å². The molecule has 2 N–H and O–H groups in total. The highest BCUT2D eigenvalue weighted by atomic mass is 16.1. The highest BCUT2D eigenvalue weighted by Gasteiger charge is 2.13. The third-order valence-electron chi connectivity index (χ3n) is 3.73. The number of pyridine rings is 1. The van der Waals surface area contributed by atoms with Crippen molar-refractivity contribution >= 4 is 16.8 Å². The second-order valence-corrected chi connectivity index (χ2v) is 5.28. The van der Waals surface area contributed by atoms with E-state index in [1.807, 2.05) is 55.5 Å². The van der Waals surface area contributed by atoms with Gasteiger partial charge >= 0.3 is 0 Å². The molecule has 0 bridgehead atoms. The zero-order valence-electron chi connectivity index (χ0n) is 12.2. The fraction of sp³-hybridized carbons (Fsp3) is 0.111. The lowest BCUT2D eigenvalue weighted by molar-refractivity contribution is -0.118. The molecule has 2 aromatic carbocycles. The molecule has 0 saturated carbocycles. The molecule has 0 unspecified atom stereocenters. The predicted octanol–water partition coefficient (Wildman–Crippen LogP) is 2.46. The molecule has 1 heterocycles. The average molecular weight is 292 g/mol. The Bertz CT molecular complexity index is 912. The van der Waals surface area contributed by atoms with Gasteiger partial charge in [-0.25, -0.2) is 0 Å². The molecule has 110 valence electrons. The number of nitrogens with zero attached hydrogens (tertiary/aromatic N) is 1. The number of benzene rings is 2. The molecule has 0 fully saturated rings. The van der Waals surface area contributed by atoms with Gasteiger partial charge in [-0.3, -0.25) is 9.59 Å². The van der Waals surface area contributed by atoms with Gasteiger partial charge < -0.3 is 10.3 Å². The molecule has 0 aliphatic heterocycles. The molecule has 3 aromatic rings. The summed E-state index contributed by atoms with van der Waals surface area (Å²) < 4.78 is 1.81. The largest absolute Gasteiger partial charge is 0.368 e. The number of primary amides is 1. The monoisotopic (exact) mass is 292 g/mol. The predicted molar refractivity (Wildman–Crippen MR) is 87.6 cm³/mol. The Morgan fingerprint density at radius 2 is 1.82 bits per heavy atom. The van der Waals surface area contributed by atoms with Gasteiger partial charge in [-0.15, -0.1) is 0 Å². The maximum atomic E-state index is 12.5. The van der Waals surface area contributed by atoms with Gasteiger partial charge in [-0.1, -0.05) is 42.5 Å². The molecule has 4 nitrogen and oxygen atoms in total. The molecule has 0 saturated heterocycles. The molecular formula is C18H16N2O2. The van der Waals surface area contributed by atoms with Crippen LogP contribution in [0, 0.1) is 6.92 Å². The first-order valence-electron chi connectivity index (χ1n) is 7.05. The zero-order valence-corrected chi connectivity index (χ0v) is 12.2. The molecule has 0 aliphatic rings. The van der Waals surface area contributed by atoms with Crippen molar-refractivity contribution in [3.05, 3.63) is 70.4 Å². The van der Waals surface area contributed by atoms with E-state index in [-0.39, 0.29) is 12.0 Å². The van der Waals surface area contributed by atoms with Gasteiger partial charge in [0.1, 0.15) is 6.54 Å². The molecule has 3 rings (SSSR count). The number of hydrogen-bond acceptors (Lipinski definition) is 2. The van der Waals surface area contributed by atoms with E-state index in [1.165, 1.54) is 0 Å². The van der Waals surface area contributed by atoms with Crippen LogP contribution in [-0.4, -0.2) is 10.5 Å². The van der Waals surface area contributed by atoms with Crippen molar-refractivity contribution in [2.24, 2.45) is 5.73 Å². The van der Waals surface area contributed by atoms with Crippen LogP contribution in [0.15, 0.2) is 59.4 Å². The number of rotatable bonds is 3. The Hall–Kier alpha value is -2.88. The molecule has 0 atom stereocenters. The van der Waals surface area contributed by atoms with Gasteiger partial charge in [0, 0.05) is 11.5 Å². The highest BCUT2D eigenvalue weighted by molar-refractivity contribution is 5.87. The van der Waals surface area contributed by atoms with E-state index in [0.29, 0.717) is 11.1 Å². The Balaban J connectivity index is 2.42. The second kappa shape index (κ2) is 5.48. The van der Waals surface area contributed by atoms with Crippen LogP contribution in [0.4, 0.5) is 0 Å². The minimum Gasteiger partial charge on any atom is -0.368 e. The quantitative estimate of drug-likeness (QED) is 0.806. The average Bonchev–Trinajstić information content (AvgIpc) is 2.50. The number of aryl methyl sites for hydroxylation is 1. The van der Waals surface area contributed by atoms with Crippen molar-refractivity contribution in [3.8, 4) is 11.3 Å². The Morgan fingerprint density at radius 3 is 2.50 bits per heavy atom. The maximum Gasteiger partial charge on any atom is 0.237 e. The second-order valence-electron chi connectivity index (χ2n) is 5.28. The van der Waals surface area contributed by atoms with Crippen molar-refractivity contribution < 1.29 is 4.79 Å². The molecule has 22 heavy (non-hydrogen) atoms. The number of amides is 1. The van der Waals surface area contributed by atoms with Crippen LogP contribution < -0.4 is 11.2 Å². The van der Waals surface area contributed by atoms with Crippen molar-refractivity contribution in [1.82, 2.24) is 4.57 Å². The lowest BCUT2D eigenvalue weighted by Gasteiger charge is -2.16. The van der Waals surface area contributed by atoms with E-state index in [2.05, 4.69) is 0 Å². The number of hydrogen-bond donors (Lipinski definition) is 1. The SMILES string of the molecule is Cc1cccc2c1c(=O)cc(-c1ccccc1)n2CC(N)=O. The summed E-state index contributed by atoms with van der Waals surface area (Å²) in [4.78, 5) is 24.0. The van der Waals surface area contributed by atoms with Crippen molar-refractivity contribution in [2.75, 3.05) is 0 Å². The first-order chi connectivity index (χ1) is 10.6. The van der Waals surface area contributed by atoms with E-state index >= 15 is 0 Å². The standard InChI is InChI=1S/C18H16N2O2/c1-12-6-5-9-14-18(12)16(21)10-15(20(14)11-17(19)22)13-7-3-2-4-8-13/h2-10H,11H2,1H3,(H2,19,22). The zero-order chi connectivity index (χ0) is 15.7. The van der Waals surface area contributed by atoms with Gasteiger partial charge in [0.15, 0.2) is 5.43 Å². The summed E-state index contributed by atoms with van der Waals surface area (Å²) in [6.07, 6.45) is 0. The summed E-state index contributed by atoms with van der Waals surface area (Å²) in [5, 5.41) is 0.628. The summed E-state index contributed by atoms with van der Waals surface area (Å²) in [5.74, 6) is -0.441. The fourth-order valence-corrected chi connectivity index (χ4v) is 2.78. The minimum absolute atomic E-state index is 0.0322. The topological polar surface area (TPSA) is 65.1 Å². The summed E-state index contributed by atoms with van der Waals surface area (Å²) in [5.41, 5.74) is 8.54. The number of fused-ring (bicyclic) bond motifs is 1. The lowest BCUT2D eigenvalue weighted by Crippen LogP contribution is -2.22. The number of carbonyl (C=O) groups excluding carboxylic acids is 1. The Morgan fingerprint density at radius 1 is 1.09 bits per heavy atom. The normalized spacial score (nSPS) is 10.8. The number of nitrogens with two attached hydrogens (primary N) is 1. The van der Waals surface area contributed by atoms with E-state index in [0.717, 1.165) is 16.6 Å². The first kappa shape index (κ1) is 14.1. The van der Waals surface area contributed by atoms with Gasteiger partial charge in [0.25, 0.3) is 0 Å². The van der Waals surface area contributed by atoms with Gasteiger partial charge in [0.2, 0.25) is 5.91 Å².